The Bertz CT molecular complexity index is 436. The van der Waals surface area contributed by atoms with Gasteiger partial charge >= 0.3 is 12.0 Å². The SMILES string of the molecule is CCOC(=O)CCNC(=O)N[C@H](C)c1ccc(Cl)s1. The van der Waals surface area contributed by atoms with Gasteiger partial charge in [-0.15, -0.1) is 11.3 Å². The van der Waals surface area contributed by atoms with Crippen LogP contribution in [0.3, 0.4) is 0 Å². The topological polar surface area (TPSA) is 67.4 Å². The van der Waals surface area contributed by atoms with E-state index in [1.54, 1.807) is 13.0 Å². The fourth-order valence-electron chi connectivity index (χ4n) is 1.39. The van der Waals surface area contributed by atoms with Crippen LogP contribution in [0.4, 0.5) is 4.79 Å². The molecule has 0 saturated heterocycles. The lowest BCUT2D eigenvalue weighted by molar-refractivity contribution is -0.142. The fraction of sp³-hybridized carbons (Fsp3) is 0.500. The monoisotopic (exact) mass is 304 g/mol. The number of ether oxygens (including phenoxy) is 1. The minimum Gasteiger partial charge on any atom is -0.466 e. The molecule has 0 aliphatic rings. The Morgan fingerprint density at radius 3 is 2.79 bits per heavy atom. The van der Waals surface area contributed by atoms with Crippen molar-refractivity contribution in [2.24, 2.45) is 0 Å². The molecule has 0 fully saturated rings. The average Bonchev–Trinajstić information content (AvgIpc) is 2.76. The molecular formula is C12H17ClN2O3S. The summed E-state index contributed by atoms with van der Waals surface area (Å²) in [5.41, 5.74) is 0. The van der Waals surface area contributed by atoms with Crippen molar-refractivity contribution in [1.29, 1.82) is 0 Å². The summed E-state index contributed by atoms with van der Waals surface area (Å²) in [6.45, 7) is 4.21. The minimum absolute atomic E-state index is 0.125. The van der Waals surface area contributed by atoms with Gasteiger partial charge in [0.05, 0.1) is 23.4 Å². The summed E-state index contributed by atoms with van der Waals surface area (Å²) in [6, 6.07) is 3.22. The molecule has 5 nitrogen and oxygen atoms in total. The van der Waals surface area contributed by atoms with E-state index < -0.39 is 0 Å². The van der Waals surface area contributed by atoms with Crippen LogP contribution in [0.2, 0.25) is 4.34 Å². The molecule has 7 heteroatoms. The van der Waals surface area contributed by atoms with Crippen molar-refractivity contribution in [2.45, 2.75) is 26.3 Å². The summed E-state index contributed by atoms with van der Waals surface area (Å²) in [4.78, 5) is 23.6. The van der Waals surface area contributed by atoms with Crippen LogP contribution in [0.25, 0.3) is 0 Å². The highest BCUT2D eigenvalue weighted by Crippen LogP contribution is 2.26. The first-order valence-corrected chi connectivity index (χ1v) is 7.17. The predicted molar refractivity (Wildman–Crippen MR) is 75.5 cm³/mol. The van der Waals surface area contributed by atoms with E-state index in [1.807, 2.05) is 13.0 Å². The zero-order chi connectivity index (χ0) is 14.3. The Labute approximate surface area is 121 Å². The van der Waals surface area contributed by atoms with Crippen molar-refractivity contribution in [3.05, 3.63) is 21.3 Å². The molecule has 1 aromatic rings. The quantitative estimate of drug-likeness (QED) is 0.794. The van der Waals surface area contributed by atoms with Crippen LogP contribution in [-0.2, 0) is 9.53 Å². The van der Waals surface area contributed by atoms with Gasteiger partial charge in [0.2, 0.25) is 0 Å². The van der Waals surface area contributed by atoms with Gasteiger partial charge in [-0.2, -0.15) is 0 Å². The normalized spacial score (nSPS) is 11.7. The standard InChI is InChI=1S/C12H17ClN2O3S/c1-3-18-11(16)6-7-14-12(17)15-8(2)9-4-5-10(13)19-9/h4-5,8H,3,6-7H2,1-2H3,(H2,14,15,17)/t8-/m1/s1. The first-order valence-electron chi connectivity index (χ1n) is 5.98. The molecule has 0 radical (unpaired) electrons. The van der Waals surface area contributed by atoms with Crippen molar-refractivity contribution in [3.8, 4) is 0 Å². The lowest BCUT2D eigenvalue weighted by Crippen LogP contribution is -2.37. The number of urea groups is 1. The molecule has 0 unspecified atom stereocenters. The van der Waals surface area contributed by atoms with Crippen LogP contribution in [0.1, 0.15) is 31.2 Å². The van der Waals surface area contributed by atoms with Crippen molar-refractivity contribution < 1.29 is 14.3 Å². The molecule has 1 aromatic heterocycles. The largest absolute Gasteiger partial charge is 0.466 e. The van der Waals surface area contributed by atoms with Crippen molar-refractivity contribution in [1.82, 2.24) is 10.6 Å². The summed E-state index contributed by atoms with van der Waals surface area (Å²) >= 11 is 7.25. The lowest BCUT2D eigenvalue weighted by Gasteiger charge is -2.12. The number of rotatable bonds is 6. The van der Waals surface area contributed by atoms with Crippen LogP contribution in [0.15, 0.2) is 12.1 Å². The summed E-state index contributed by atoms with van der Waals surface area (Å²) in [5.74, 6) is -0.319. The first kappa shape index (κ1) is 15.8. The van der Waals surface area contributed by atoms with Gasteiger partial charge in [0, 0.05) is 11.4 Å². The van der Waals surface area contributed by atoms with E-state index >= 15 is 0 Å². The van der Waals surface area contributed by atoms with Gasteiger partial charge in [0.15, 0.2) is 0 Å². The number of esters is 1. The number of hydrogen-bond acceptors (Lipinski definition) is 4. The molecule has 1 heterocycles. The van der Waals surface area contributed by atoms with Crippen LogP contribution in [0.5, 0.6) is 0 Å². The highest BCUT2D eigenvalue weighted by molar-refractivity contribution is 7.16. The molecule has 19 heavy (non-hydrogen) atoms. The zero-order valence-electron chi connectivity index (χ0n) is 10.9. The van der Waals surface area contributed by atoms with Gasteiger partial charge < -0.3 is 15.4 Å². The Balaban J connectivity index is 2.25. The highest BCUT2D eigenvalue weighted by atomic mass is 35.5. The number of hydrogen-bond donors (Lipinski definition) is 2. The van der Waals surface area contributed by atoms with E-state index in [0.717, 1.165) is 4.88 Å². The third-order valence-electron chi connectivity index (χ3n) is 2.29. The second-order valence-corrected chi connectivity index (χ2v) is 5.57. The van der Waals surface area contributed by atoms with E-state index in [1.165, 1.54) is 11.3 Å². The van der Waals surface area contributed by atoms with Gasteiger partial charge in [-0.25, -0.2) is 4.79 Å². The van der Waals surface area contributed by atoms with Crippen LogP contribution in [0, 0.1) is 0 Å². The Morgan fingerprint density at radius 1 is 1.47 bits per heavy atom. The maximum Gasteiger partial charge on any atom is 0.315 e. The molecule has 1 atom stereocenters. The highest BCUT2D eigenvalue weighted by Gasteiger charge is 2.11. The van der Waals surface area contributed by atoms with E-state index in [2.05, 4.69) is 10.6 Å². The smallest absolute Gasteiger partial charge is 0.315 e. The summed E-state index contributed by atoms with van der Waals surface area (Å²) < 4.78 is 5.44. The maximum atomic E-state index is 11.6. The molecule has 0 aliphatic heterocycles. The van der Waals surface area contributed by atoms with E-state index in [9.17, 15) is 9.59 Å². The Morgan fingerprint density at radius 2 is 2.21 bits per heavy atom. The number of nitrogens with one attached hydrogen (secondary N) is 2. The van der Waals surface area contributed by atoms with Gasteiger partial charge in [0.25, 0.3) is 0 Å². The molecular weight excluding hydrogens is 288 g/mol. The molecule has 0 bridgehead atoms. The minimum atomic E-state index is -0.319. The number of thiophene rings is 1. The van der Waals surface area contributed by atoms with Gasteiger partial charge in [-0.1, -0.05) is 11.6 Å². The molecule has 1 rings (SSSR count). The van der Waals surface area contributed by atoms with Crippen LogP contribution >= 0.6 is 22.9 Å². The molecule has 106 valence electrons. The first-order chi connectivity index (χ1) is 9.02. The van der Waals surface area contributed by atoms with Gasteiger partial charge in [-0.05, 0) is 26.0 Å². The summed E-state index contributed by atoms with van der Waals surface area (Å²) in [7, 11) is 0. The molecule has 2 N–H and O–H groups in total. The van der Waals surface area contributed by atoms with Gasteiger partial charge in [0.1, 0.15) is 0 Å². The predicted octanol–water partition coefficient (Wildman–Crippen LogP) is 2.71. The average molecular weight is 305 g/mol. The van der Waals surface area contributed by atoms with Crippen molar-refractivity contribution >= 4 is 34.9 Å². The number of carbonyl (C=O) groups excluding carboxylic acids is 2. The molecule has 0 spiro atoms. The molecule has 0 saturated carbocycles. The number of amides is 2. The van der Waals surface area contributed by atoms with E-state index in [-0.39, 0.29) is 31.0 Å². The van der Waals surface area contributed by atoms with E-state index in [4.69, 9.17) is 16.3 Å². The number of carbonyl (C=O) groups is 2. The molecule has 0 aromatic carbocycles. The Hall–Kier alpha value is -1.27. The van der Waals surface area contributed by atoms with Crippen LogP contribution < -0.4 is 10.6 Å². The second-order valence-electron chi connectivity index (χ2n) is 3.82. The number of halogens is 1. The van der Waals surface area contributed by atoms with Gasteiger partial charge in [-0.3, -0.25) is 4.79 Å². The second kappa shape index (κ2) is 8.01. The fourth-order valence-corrected chi connectivity index (χ4v) is 2.45. The third-order valence-corrected chi connectivity index (χ3v) is 3.70. The zero-order valence-corrected chi connectivity index (χ0v) is 12.4. The Kier molecular flexibility index (Phi) is 6.66. The van der Waals surface area contributed by atoms with Crippen molar-refractivity contribution in [3.63, 3.8) is 0 Å². The van der Waals surface area contributed by atoms with E-state index in [0.29, 0.717) is 10.9 Å². The van der Waals surface area contributed by atoms with Crippen LogP contribution in [-0.4, -0.2) is 25.2 Å². The van der Waals surface area contributed by atoms with Crippen molar-refractivity contribution in [2.75, 3.05) is 13.2 Å². The molecule has 2 amide bonds. The summed E-state index contributed by atoms with van der Waals surface area (Å²) in [6.07, 6.45) is 0.167. The molecule has 0 aliphatic carbocycles. The third kappa shape index (κ3) is 5.94. The maximum absolute atomic E-state index is 11.6. The summed E-state index contributed by atoms with van der Waals surface area (Å²) in [5, 5.41) is 5.37. The lowest BCUT2D eigenvalue weighted by atomic mass is 10.3.